The van der Waals surface area contributed by atoms with Crippen molar-refractivity contribution in [3.63, 3.8) is 0 Å². The minimum absolute atomic E-state index is 0.0755. The molecule has 1 aliphatic heterocycles. The van der Waals surface area contributed by atoms with Crippen molar-refractivity contribution in [3.8, 4) is 0 Å². The molecule has 6 nitrogen and oxygen atoms in total. The van der Waals surface area contributed by atoms with Gasteiger partial charge in [-0.15, -0.1) is 11.3 Å². The highest BCUT2D eigenvalue weighted by atomic mass is 32.1. The largest absolute Gasteiger partial charge is 0.416 e. The van der Waals surface area contributed by atoms with Crippen LogP contribution in [0.25, 0.3) is 0 Å². The van der Waals surface area contributed by atoms with E-state index in [-0.39, 0.29) is 11.6 Å². The van der Waals surface area contributed by atoms with Gasteiger partial charge in [-0.25, -0.2) is 0 Å². The third-order valence-corrected chi connectivity index (χ3v) is 5.67. The van der Waals surface area contributed by atoms with E-state index in [9.17, 15) is 28.1 Å². The second-order valence-electron chi connectivity index (χ2n) is 6.37. The zero-order valence-electron chi connectivity index (χ0n) is 15.0. The summed E-state index contributed by atoms with van der Waals surface area (Å²) in [6.07, 6.45) is -3.89. The zero-order chi connectivity index (χ0) is 20.5. The highest BCUT2D eigenvalue weighted by Gasteiger charge is 2.34. The van der Waals surface area contributed by atoms with Gasteiger partial charge in [0.05, 0.1) is 15.4 Å². The molecule has 28 heavy (non-hydrogen) atoms. The van der Waals surface area contributed by atoms with E-state index < -0.39 is 22.4 Å². The maximum absolute atomic E-state index is 12.9. The molecule has 2 aromatic rings. The zero-order valence-corrected chi connectivity index (χ0v) is 15.8. The van der Waals surface area contributed by atoms with Crippen LogP contribution in [0.3, 0.4) is 0 Å². The molecule has 10 heteroatoms. The summed E-state index contributed by atoms with van der Waals surface area (Å²) in [5.41, 5.74) is -0.519. The molecule has 1 aliphatic rings. The first kappa shape index (κ1) is 20.1. The Morgan fingerprint density at radius 3 is 2.46 bits per heavy atom. The van der Waals surface area contributed by atoms with E-state index >= 15 is 0 Å². The molecule has 0 saturated carbocycles. The van der Waals surface area contributed by atoms with Crippen LogP contribution < -0.4 is 4.90 Å². The van der Waals surface area contributed by atoms with Crippen molar-refractivity contribution in [1.82, 2.24) is 4.90 Å². The number of rotatable bonds is 4. The number of piperazine rings is 1. The van der Waals surface area contributed by atoms with E-state index in [0.717, 1.165) is 24.1 Å². The second-order valence-corrected chi connectivity index (χ2v) is 7.28. The maximum Gasteiger partial charge on any atom is 0.416 e. The number of amides is 1. The molecular weight excluding hydrogens is 395 g/mol. The van der Waals surface area contributed by atoms with Crippen molar-refractivity contribution >= 4 is 28.6 Å². The fourth-order valence-electron chi connectivity index (χ4n) is 3.21. The summed E-state index contributed by atoms with van der Waals surface area (Å²) in [5.74, 6) is -0.0755. The van der Waals surface area contributed by atoms with Crippen LogP contribution in [0.1, 0.15) is 27.7 Å². The Morgan fingerprint density at radius 1 is 1.21 bits per heavy atom. The van der Waals surface area contributed by atoms with Gasteiger partial charge in [-0.05, 0) is 35.6 Å². The number of nitro groups is 1. The molecule has 0 spiro atoms. The monoisotopic (exact) mass is 413 g/mol. The normalized spacial score (nSPS) is 15.0. The van der Waals surface area contributed by atoms with Crippen molar-refractivity contribution in [1.29, 1.82) is 0 Å². The van der Waals surface area contributed by atoms with Crippen molar-refractivity contribution < 1.29 is 22.9 Å². The van der Waals surface area contributed by atoms with Crippen molar-refractivity contribution in [2.24, 2.45) is 0 Å². The van der Waals surface area contributed by atoms with Crippen LogP contribution in [0.5, 0.6) is 0 Å². The molecular formula is C18H18F3N3O3S. The minimum atomic E-state index is -4.65. The number of carbonyl (C=O) groups is 1. The quantitative estimate of drug-likeness (QED) is 0.557. The van der Waals surface area contributed by atoms with E-state index in [4.69, 9.17) is 0 Å². The SMILES string of the molecule is CCc1ccsc1C(=O)N1CCN(c2ccc(C(F)(F)F)cc2[N+](=O)[O-])CC1. The van der Waals surface area contributed by atoms with Crippen LogP contribution in [-0.4, -0.2) is 41.9 Å². The lowest BCUT2D eigenvalue weighted by molar-refractivity contribution is -0.384. The molecule has 1 aromatic heterocycles. The topological polar surface area (TPSA) is 66.7 Å². The number of benzene rings is 1. The van der Waals surface area contributed by atoms with Crippen molar-refractivity contribution in [2.75, 3.05) is 31.1 Å². The second kappa shape index (κ2) is 7.78. The Bertz CT molecular complexity index is 890. The molecule has 1 saturated heterocycles. The van der Waals surface area contributed by atoms with Gasteiger partial charge in [0.25, 0.3) is 11.6 Å². The van der Waals surface area contributed by atoms with Gasteiger partial charge < -0.3 is 9.80 Å². The smallest absolute Gasteiger partial charge is 0.362 e. The number of thiophene rings is 1. The van der Waals surface area contributed by atoms with Crippen LogP contribution in [-0.2, 0) is 12.6 Å². The van der Waals surface area contributed by atoms with E-state index in [2.05, 4.69) is 0 Å². The molecule has 2 heterocycles. The van der Waals surface area contributed by atoms with Crippen molar-refractivity contribution in [2.45, 2.75) is 19.5 Å². The Balaban J connectivity index is 1.76. The van der Waals surface area contributed by atoms with Crippen LogP contribution in [0, 0.1) is 10.1 Å². The molecule has 0 aliphatic carbocycles. The number of hydrogen-bond acceptors (Lipinski definition) is 5. The molecule has 0 N–H and O–H groups in total. The van der Waals surface area contributed by atoms with E-state index in [0.29, 0.717) is 37.1 Å². The maximum atomic E-state index is 12.9. The number of alkyl halides is 3. The van der Waals surface area contributed by atoms with Gasteiger partial charge in [0.2, 0.25) is 0 Å². The molecule has 1 aromatic carbocycles. The Morgan fingerprint density at radius 2 is 1.89 bits per heavy atom. The summed E-state index contributed by atoms with van der Waals surface area (Å²) >= 11 is 1.38. The van der Waals surface area contributed by atoms with Crippen molar-refractivity contribution in [3.05, 3.63) is 55.8 Å². The van der Waals surface area contributed by atoms with Crippen LogP contribution in [0.4, 0.5) is 24.5 Å². The average Bonchev–Trinajstić information content (AvgIpc) is 3.15. The number of hydrogen-bond donors (Lipinski definition) is 0. The minimum Gasteiger partial charge on any atom is -0.362 e. The van der Waals surface area contributed by atoms with Gasteiger partial charge in [-0.1, -0.05) is 6.92 Å². The van der Waals surface area contributed by atoms with Crippen LogP contribution in [0.2, 0.25) is 0 Å². The Hall–Kier alpha value is -2.62. The van der Waals surface area contributed by atoms with E-state index in [1.54, 1.807) is 9.80 Å². The summed E-state index contributed by atoms with van der Waals surface area (Å²) in [6, 6.07) is 4.46. The molecule has 0 unspecified atom stereocenters. The lowest BCUT2D eigenvalue weighted by Crippen LogP contribution is -2.49. The van der Waals surface area contributed by atoms with E-state index in [1.165, 1.54) is 11.3 Å². The average molecular weight is 413 g/mol. The molecule has 0 radical (unpaired) electrons. The first-order valence-electron chi connectivity index (χ1n) is 8.68. The fourth-order valence-corrected chi connectivity index (χ4v) is 4.17. The predicted molar refractivity (Wildman–Crippen MR) is 99.9 cm³/mol. The Kier molecular flexibility index (Phi) is 5.59. The predicted octanol–water partition coefficient (Wildman–Crippen LogP) is 4.20. The van der Waals surface area contributed by atoms with Gasteiger partial charge in [0.15, 0.2) is 0 Å². The lowest BCUT2D eigenvalue weighted by Gasteiger charge is -2.35. The van der Waals surface area contributed by atoms with Crippen LogP contribution in [0.15, 0.2) is 29.6 Å². The number of aryl methyl sites for hydroxylation is 1. The molecule has 0 bridgehead atoms. The van der Waals surface area contributed by atoms with Gasteiger partial charge in [0.1, 0.15) is 5.69 Å². The molecule has 150 valence electrons. The summed E-state index contributed by atoms with van der Waals surface area (Å²) in [7, 11) is 0. The number of halogens is 3. The standard InChI is InChI=1S/C18H18F3N3O3S/c1-2-12-5-10-28-16(12)17(25)23-8-6-22(7-9-23)14-4-3-13(18(19,20)21)11-15(14)24(26)27/h3-5,10-11H,2,6-9H2,1H3. The fraction of sp³-hybridized carbons (Fsp3) is 0.389. The highest BCUT2D eigenvalue weighted by Crippen LogP contribution is 2.36. The number of nitro benzene ring substituents is 1. The van der Waals surface area contributed by atoms with Gasteiger partial charge in [0, 0.05) is 32.2 Å². The van der Waals surface area contributed by atoms with Gasteiger partial charge >= 0.3 is 6.18 Å². The van der Waals surface area contributed by atoms with Crippen LogP contribution >= 0.6 is 11.3 Å². The molecule has 0 atom stereocenters. The molecule has 1 amide bonds. The number of anilines is 1. The lowest BCUT2D eigenvalue weighted by atomic mass is 10.1. The van der Waals surface area contributed by atoms with Gasteiger partial charge in [-0.3, -0.25) is 14.9 Å². The summed E-state index contributed by atoms with van der Waals surface area (Å²) < 4.78 is 38.6. The Labute approximate surface area is 163 Å². The third kappa shape index (κ3) is 3.96. The molecule has 3 rings (SSSR count). The third-order valence-electron chi connectivity index (χ3n) is 4.73. The number of nitrogens with zero attached hydrogens (tertiary/aromatic N) is 3. The first-order valence-corrected chi connectivity index (χ1v) is 9.56. The summed E-state index contributed by atoms with van der Waals surface area (Å²) in [4.78, 5) is 27.2. The summed E-state index contributed by atoms with van der Waals surface area (Å²) in [6.45, 7) is 3.28. The van der Waals surface area contributed by atoms with E-state index in [1.807, 2.05) is 18.4 Å². The highest BCUT2D eigenvalue weighted by molar-refractivity contribution is 7.12. The molecule has 1 fully saturated rings. The van der Waals surface area contributed by atoms with Gasteiger partial charge in [-0.2, -0.15) is 13.2 Å². The first-order chi connectivity index (χ1) is 13.2. The summed E-state index contributed by atoms with van der Waals surface area (Å²) in [5, 5.41) is 13.2. The number of carbonyl (C=O) groups excluding carboxylic acids is 1.